The highest BCUT2D eigenvalue weighted by molar-refractivity contribution is 6.21. The molecule has 1 unspecified atom stereocenters. The van der Waals surface area contributed by atoms with E-state index in [1.54, 1.807) is 0 Å². The highest BCUT2D eigenvalue weighted by Gasteiger charge is 2.37. The number of carbonyl (C=O) groups is 3. The predicted octanol–water partition coefficient (Wildman–Crippen LogP) is 3.51. The molecule has 0 saturated carbocycles. The number of carbonyl (C=O) groups excluding carboxylic acids is 3. The van der Waals surface area contributed by atoms with Crippen LogP contribution in [0.1, 0.15) is 65.7 Å². The molecular formula is C21H23FN2O3. The Balaban J connectivity index is 1.37. The van der Waals surface area contributed by atoms with Gasteiger partial charge < -0.3 is 4.90 Å². The van der Waals surface area contributed by atoms with Crippen LogP contribution in [0.2, 0.25) is 0 Å². The summed E-state index contributed by atoms with van der Waals surface area (Å²) in [4.78, 5) is 40.4. The van der Waals surface area contributed by atoms with E-state index in [1.807, 2.05) is 4.90 Å². The van der Waals surface area contributed by atoms with Gasteiger partial charge in [-0.15, -0.1) is 0 Å². The highest BCUT2D eigenvalue weighted by atomic mass is 19.1. The maximum Gasteiger partial charge on any atom is 0.264 e. The average molecular weight is 370 g/mol. The first-order chi connectivity index (χ1) is 13.1. The van der Waals surface area contributed by atoms with Gasteiger partial charge in [-0.1, -0.05) is 12.1 Å². The summed E-state index contributed by atoms with van der Waals surface area (Å²) in [6, 6.07) is 4.08. The first kappa shape index (κ1) is 17.9. The Morgan fingerprint density at radius 1 is 1.15 bits per heavy atom. The molecule has 1 atom stereocenters. The third kappa shape index (κ3) is 3.17. The Morgan fingerprint density at radius 3 is 2.78 bits per heavy atom. The minimum absolute atomic E-state index is 0.0515. The maximum atomic E-state index is 13.9. The SMILES string of the molecule is O=C(CCCN1C(=O)c2cccc(F)c2C1=O)N1CCCC2CCCC=C21. The average Bonchev–Trinajstić information content (AvgIpc) is 2.93. The van der Waals surface area contributed by atoms with Crippen LogP contribution in [0.4, 0.5) is 4.39 Å². The molecule has 142 valence electrons. The van der Waals surface area contributed by atoms with Crippen molar-refractivity contribution in [2.45, 2.75) is 44.9 Å². The monoisotopic (exact) mass is 370 g/mol. The number of rotatable bonds is 4. The van der Waals surface area contributed by atoms with E-state index in [0.717, 1.165) is 37.1 Å². The van der Waals surface area contributed by atoms with E-state index < -0.39 is 17.6 Å². The Morgan fingerprint density at radius 2 is 1.96 bits per heavy atom. The van der Waals surface area contributed by atoms with Gasteiger partial charge in [0, 0.05) is 25.2 Å². The van der Waals surface area contributed by atoms with Crippen LogP contribution in [0.25, 0.3) is 0 Å². The normalized spacial score (nSPS) is 21.8. The summed E-state index contributed by atoms with van der Waals surface area (Å²) >= 11 is 0. The molecule has 27 heavy (non-hydrogen) atoms. The van der Waals surface area contributed by atoms with Gasteiger partial charge >= 0.3 is 0 Å². The van der Waals surface area contributed by atoms with Gasteiger partial charge in [0.05, 0.1) is 11.1 Å². The Bertz CT molecular complexity index is 833. The molecule has 1 aliphatic carbocycles. The standard InChI is InChI=1S/C21H23FN2O3/c22-16-9-3-8-15-19(16)21(27)24(20(15)26)13-5-11-18(25)23-12-4-7-14-6-1-2-10-17(14)23/h3,8-10,14H,1-2,4-7,11-13H2. The summed E-state index contributed by atoms with van der Waals surface area (Å²) in [5.74, 6) is -1.21. The molecule has 1 aromatic rings. The molecule has 6 heteroatoms. The first-order valence-corrected chi connectivity index (χ1v) is 9.73. The Kier molecular flexibility index (Phi) is 4.81. The van der Waals surface area contributed by atoms with E-state index in [2.05, 4.69) is 6.08 Å². The van der Waals surface area contributed by atoms with E-state index in [-0.39, 0.29) is 30.0 Å². The van der Waals surface area contributed by atoms with Gasteiger partial charge in [-0.2, -0.15) is 0 Å². The molecular weight excluding hydrogens is 347 g/mol. The van der Waals surface area contributed by atoms with E-state index in [1.165, 1.54) is 30.3 Å². The van der Waals surface area contributed by atoms with Crippen LogP contribution < -0.4 is 0 Å². The third-order valence-electron chi connectivity index (χ3n) is 5.80. The van der Waals surface area contributed by atoms with Crippen LogP contribution in [0.3, 0.4) is 0 Å². The number of imide groups is 1. The molecule has 2 heterocycles. The van der Waals surface area contributed by atoms with Crippen molar-refractivity contribution in [1.82, 2.24) is 9.80 Å². The maximum absolute atomic E-state index is 13.9. The summed E-state index contributed by atoms with van der Waals surface area (Å²) in [5, 5.41) is 0. The molecule has 0 bridgehead atoms. The molecule has 3 amide bonds. The fourth-order valence-electron chi connectivity index (χ4n) is 4.46. The van der Waals surface area contributed by atoms with Crippen LogP contribution in [-0.2, 0) is 4.79 Å². The van der Waals surface area contributed by atoms with Gasteiger partial charge in [0.2, 0.25) is 5.91 Å². The lowest BCUT2D eigenvalue weighted by molar-refractivity contribution is -0.130. The molecule has 5 nitrogen and oxygen atoms in total. The van der Waals surface area contributed by atoms with Crippen molar-refractivity contribution in [3.8, 4) is 0 Å². The number of allylic oxidation sites excluding steroid dienone is 2. The van der Waals surface area contributed by atoms with Crippen LogP contribution in [-0.4, -0.2) is 40.6 Å². The number of benzene rings is 1. The van der Waals surface area contributed by atoms with Gasteiger partial charge in [0.1, 0.15) is 5.82 Å². The zero-order chi connectivity index (χ0) is 19.0. The Hall–Kier alpha value is -2.50. The van der Waals surface area contributed by atoms with Gasteiger partial charge in [0.25, 0.3) is 11.8 Å². The zero-order valence-corrected chi connectivity index (χ0v) is 15.2. The number of halogens is 1. The first-order valence-electron chi connectivity index (χ1n) is 9.73. The second-order valence-corrected chi connectivity index (χ2v) is 7.47. The van der Waals surface area contributed by atoms with Gasteiger partial charge in [0.15, 0.2) is 0 Å². The van der Waals surface area contributed by atoms with Gasteiger partial charge in [-0.05, 0) is 56.6 Å². The second kappa shape index (κ2) is 7.25. The quantitative estimate of drug-likeness (QED) is 0.762. The Labute approximate surface area is 157 Å². The lowest BCUT2D eigenvalue weighted by Crippen LogP contribution is -2.39. The minimum atomic E-state index is -0.673. The van der Waals surface area contributed by atoms with Crippen molar-refractivity contribution in [3.05, 3.63) is 46.9 Å². The molecule has 2 aliphatic heterocycles. The molecule has 1 aromatic carbocycles. The molecule has 0 spiro atoms. The second-order valence-electron chi connectivity index (χ2n) is 7.47. The van der Waals surface area contributed by atoms with Crippen molar-refractivity contribution < 1.29 is 18.8 Å². The summed E-state index contributed by atoms with van der Waals surface area (Å²) in [5.41, 5.74) is 1.12. The van der Waals surface area contributed by atoms with Crippen LogP contribution in [0.5, 0.6) is 0 Å². The van der Waals surface area contributed by atoms with Crippen LogP contribution >= 0.6 is 0 Å². The largest absolute Gasteiger partial charge is 0.316 e. The molecule has 4 rings (SSSR count). The molecule has 1 saturated heterocycles. The summed E-state index contributed by atoms with van der Waals surface area (Å²) in [6.07, 6.45) is 8.39. The van der Waals surface area contributed by atoms with Gasteiger partial charge in [-0.3, -0.25) is 19.3 Å². The van der Waals surface area contributed by atoms with Gasteiger partial charge in [-0.25, -0.2) is 4.39 Å². The van der Waals surface area contributed by atoms with Crippen molar-refractivity contribution in [1.29, 1.82) is 0 Å². The predicted molar refractivity (Wildman–Crippen MR) is 97.4 cm³/mol. The third-order valence-corrected chi connectivity index (χ3v) is 5.80. The molecule has 0 N–H and O–H groups in total. The van der Waals surface area contributed by atoms with Crippen LogP contribution in [0.15, 0.2) is 30.0 Å². The smallest absolute Gasteiger partial charge is 0.264 e. The number of fused-ring (bicyclic) bond motifs is 2. The zero-order valence-electron chi connectivity index (χ0n) is 15.2. The minimum Gasteiger partial charge on any atom is -0.316 e. The fourth-order valence-corrected chi connectivity index (χ4v) is 4.46. The van der Waals surface area contributed by atoms with E-state index in [4.69, 9.17) is 0 Å². The molecule has 0 aromatic heterocycles. The van der Waals surface area contributed by atoms with Crippen LogP contribution in [0, 0.1) is 11.7 Å². The summed E-state index contributed by atoms with van der Waals surface area (Å²) in [7, 11) is 0. The van der Waals surface area contributed by atoms with Crippen molar-refractivity contribution in [3.63, 3.8) is 0 Å². The summed E-state index contributed by atoms with van der Waals surface area (Å²) in [6.45, 7) is 0.882. The molecule has 3 aliphatic rings. The number of hydrogen-bond donors (Lipinski definition) is 0. The molecule has 0 radical (unpaired) electrons. The fraction of sp³-hybridized carbons (Fsp3) is 0.476. The van der Waals surface area contributed by atoms with Crippen molar-refractivity contribution in [2.75, 3.05) is 13.1 Å². The summed E-state index contributed by atoms with van der Waals surface area (Å²) < 4.78 is 13.9. The van der Waals surface area contributed by atoms with Crippen molar-refractivity contribution in [2.24, 2.45) is 5.92 Å². The lowest BCUT2D eigenvalue weighted by atomic mass is 9.85. The number of amides is 3. The number of hydrogen-bond acceptors (Lipinski definition) is 3. The van der Waals surface area contributed by atoms with Crippen molar-refractivity contribution >= 4 is 17.7 Å². The van der Waals surface area contributed by atoms with E-state index in [0.29, 0.717) is 12.3 Å². The highest BCUT2D eigenvalue weighted by Crippen LogP contribution is 2.35. The number of nitrogens with zero attached hydrogens (tertiary/aromatic N) is 2. The van der Waals surface area contributed by atoms with E-state index in [9.17, 15) is 18.8 Å². The number of likely N-dealkylation sites (tertiary alicyclic amines) is 1. The van der Waals surface area contributed by atoms with E-state index >= 15 is 0 Å². The topological polar surface area (TPSA) is 57.7 Å². The number of piperidine rings is 1. The lowest BCUT2D eigenvalue weighted by Gasteiger charge is -2.38. The molecule has 1 fully saturated rings.